The fourth-order valence-corrected chi connectivity index (χ4v) is 7.64. The number of hydrogen-bond acceptors (Lipinski definition) is 4. The average Bonchev–Trinajstić information content (AvgIpc) is 3.72. The zero-order valence-electron chi connectivity index (χ0n) is 22.8. The Bertz CT molecular complexity index is 1820. The highest BCUT2D eigenvalue weighted by Gasteiger charge is 2.31. The summed E-state index contributed by atoms with van der Waals surface area (Å²) in [7, 11) is 3.41. The molecular formula is C37H27O2S2+. The first-order valence-corrected chi connectivity index (χ1v) is 15.1. The second-order valence-corrected chi connectivity index (χ2v) is 12.0. The molecule has 7 rings (SSSR count). The average molecular weight is 568 g/mol. The van der Waals surface area contributed by atoms with Crippen molar-refractivity contribution in [2.45, 2.75) is 0 Å². The van der Waals surface area contributed by atoms with Crippen molar-refractivity contribution < 1.29 is 9.47 Å². The predicted octanol–water partition coefficient (Wildman–Crippen LogP) is 10.5. The lowest BCUT2D eigenvalue weighted by atomic mass is 9.86. The van der Waals surface area contributed by atoms with E-state index in [0.717, 1.165) is 11.5 Å². The van der Waals surface area contributed by atoms with Gasteiger partial charge in [0.15, 0.2) is 0 Å². The molecule has 0 aliphatic rings. The number of methoxy groups -OCH3 is 2. The van der Waals surface area contributed by atoms with Crippen molar-refractivity contribution in [2.75, 3.05) is 14.2 Å². The fourth-order valence-electron chi connectivity index (χ4n) is 5.42. The van der Waals surface area contributed by atoms with Crippen molar-refractivity contribution in [3.05, 3.63) is 149 Å². The third-order valence-electron chi connectivity index (χ3n) is 7.48. The Morgan fingerprint density at radius 2 is 0.927 bits per heavy atom. The quantitative estimate of drug-likeness (QED) is 0.141. The van der Waals surface area contributed by atoms with Crippen molar-refractivity contribution in [3.63, 3.8) is 0 Å². The Labute approximate surface area is 248 Å². The molecule has 0 aliphatic carbocycles. The van der Waals surface area contributed by atoms with Gasteiger partial charge in [-0.25, -0.2) is 0 Å². The van der Waals surface area contributed by atoms with Gasteiger partial charge in [0.1, 0.15) is 21.3 Å². The van der Waals surface area contributed by atoms with Gasteiger partial charge >= 0.3 is 0 Å². The van der Waals surface area contributed by atoms with Gasteiger partial charge in [-0.15, -0.1) is 22.7 Å². The Morgan fingerprint density at radius 1 is 0.488 bits per heavy atom. The van der Waals surface area contributed by atoms with E-state index < -0.39 is 0 Å². The number of fused-ring (bicyclic) bond motifs is 2. The third kappa shape index (κ3) is 4.76. The summed E-state index contributed by atoms with van der Waals surface area (Å²) in [5.41, 5.74) is 3.66. The van der Waals surface area contributed by atoms with Gasteiger partial charge in [0.05, 0.1) is 36.5 Å². The monoisotopic (exact) mass is 567 g/mol. The Balaban J connectivity index is 1.43. The summed E-state index contributed by atoms with van der Waals surface area (Å²) in [5, 5.41) is 5.02. The largest absolute Gasteiger partial charge is 0.497 e. The van der Waals surface area contributed by atoms with E-state index in [1.54, 1.807) is 14.2 Å². The van der Waals surface area contributed by atoms with Crippen molar-refractivity contribution in [3.8, 4) is 32.4 Å². The molecule has 4 heteroatoms. The summed E-state index contributed by atoms with van der Waals surface area (Å²) >= 11 is 3.67. The van der Waals surface area contributed by atoms with Crippen LogP contribution in [0.3, 0.4) is 0 Å². The van der Waals surface area contributed by atoms with Crippen molar-refractivity contribution in [1.82, 2.24) is 0 Å². The molecule has 0 N–H and O–H groups in total. The molecule has 2 aromatic heterocycles. The molecular weight excluding hydrogens is 541 g/mol. The van der Waals surface area contributed by atoms with Gasteiger partial charge in [0.2, 0.25) is 0 Å². The van der Waals surface area contributed by atoms with Crippen LogP contribution in [0.1, 0.15) is 15.3 Å². The van der Waals surface area contributed by atoms with Crippen molar-refractivity contribution in [2.24, 2.45) is 0 Å². The highest BCUT2D eigenvalue weighted by Crippen LogP contribution is 2.46. The minimum absolute atomic E-state index is 0.865. The molecule has 0 fully saturated rings. The topological polar surface area (TPSA) is 18.5 Å². The zero-order chi connectivity index (χ0) is 27.8. The zero-order valence-corrected chi connectivity index (χ0v) is 24.4. The maximum Gasteiger partial charge on any atom is 0.118 e. The number of rotatable bonds is 7. The van der Waals surface area contributed by atoms with E-state index in [0.29, 0.717) is 0 Å². The lowest BCUT2D eigenvalue weighted by Crippen LogP contribution is -2.03. The van der Waals surface area contributed by atoms with Crippen LogP contribution in [0.2, 0.25) is 0 Å². The SMILES string of the molecule is COc1ccc(-c2ccc([C+](c3ccc(-c4ccc(OC)cc4)s3)c3c4ccccc4cc4ccccc34)s2)cc1. The van der Waals surface area contributed by atoms with E-state index in [1.165, 1.54) is 63.7 Å². The maximum atomic E-state index is 5.39. The summed E-state index contributed by atoms with van der Waals surface area (Å²) in [6.07, 6.45) is 0. The van der Waals surface area contributed by atoms with Crippen LogP contribution in [-0.2, 0) is 0 Å². The summed E-state index contributed by atoms with van der Waals surface area (Å²) in [6.45, 7) is 0. The molecule has 5 aromatic carbocycles. The van der Waals surface area contributed by atoms with Crippen LogP contribution < -0.4 is 9.47 Å². The molecule has 2 heterocycles. The van der Waals surface area contributed by atoms with Crippen LogP contribution in [0.4, 0.5) is 0 Å². The first kappa shape index (κ1) is 25.5. The summed E-state index contributed by atoms with van der Waals surface area (Å²) in [5.74, 6) is 3.00. The van der Waals surface area contributed by atoms with Gasteiger partial charge in [0, 0.05) is 32.7 Å². The van der Waals surface area contributed by atoms with Crippen LogP contribution in [0, 0.1) is 5.92 Å². The standard InChI is InChI=1S/C37H27O2S2/c1-38-28-15-11-24(12-16-28)32-19-21-34(40-32)37(35-22-20-33(41-35)25-13-17-29(39-2)18-14-25)36-30-9-5-3-7-26(30)23-27-8-4-6-10-31(27)36/h3-23H,1-2H3/q+1. The van der Waals surface area contributed by atoms with Crippen LogP contribution in [0.5, 0.6) is 11.5 Å². The van der Waals surface area contributed by atoms with Gasteiger partial charge in [-0.1, -0.05) is 24.3 Å². The Kier molecular flexibility index (Phi) is 6.71. The molecule has 7 aromatic rings. The number of ether oxygens (including phenoxy) is 2. The van der Waals surface area contributed by atoms with Crippen LogP contribution in [-0.4, -0.2) is 14.2 Å². The second kappa shape index (κ2) is 10.8. The first-order chi connectivity index (χ1) is 20.2. The lowest BCUT2D eigenvalue weighted by molar-refractivity contribution is 0.415. The molecule has 0 aliphatic heterocycles. The van der Waals surface area contributed by atoms with E-state index in [-0.39, 0.29) is 0 Å². The highest BCUT2D eigenvalue weighted by atomic mass is 32.1. The molecule has 0 radical (unpaired) electrons. The number of hydrogen-bond donors (Lipinski definition) is 0. The smallest absolute Gasteiger partial charge is 0.118 e. The van der Waals surface area contributed by atoms with Crippen LogP contribution in [0.25, 0.3) is 42.4 Å². The van der Waals surface area contributed by atoms with Gasteiger partial charge < -0.3 is 9.47 Å². The van der Waals surface area contributed by atoms with Crippen molar-refractivity contribution >= 4 is 44.2 Å². The fraction of sp³-hybridized carbons (Fsp3) is 0.0541. The molecule has 41 heavy (non-hydrogen) atoms. The van der Waals surface area contributed by atoms with E-state index in [1.807, 2.05) is 46.9 Å². The molecule has 0 unspecified atom stereocenters. The van der Waals surface area contributed by atoms with Crippen LogP contribution >= 0.6 is 22.7 Å². The van der Waals surface area contributed by atoms with E-state index in [9.17, 15) is 0 Å². The number of thiophene rings is 2. The highest BCUT2D eigenvalue weighted by molar-refractivity contribution is 7.17. The molecule has 0 bridgehead atoms. The van der Waals surface area contributed by atoms with Crippen molar-refractivity contribution in [1.29, 1.82) is 0 Å². The van der Waals surface area contributed by atoms with E-state index >= 15 is 0 Å². The summed E-state index contributed by atoms with van der Waals surface area (Å²) < 4.78 is 10.8. The maximum absolute atomic E-state index is 5.39. The van der Waals surface area contributed by atoms with E-state index in [4.69, 9.17) is 9.47 Å². The molecule has 0 spiro atoms. The van der Waals surface area contributed by atoms with Gasteiger partial charge in [0.25, 0.3) is 0 Å². The minimum Gasteiger partial charge on any atom is -0.497 e. The Hall–Kier alpha value is -4.51. The lowest BCUT2D eigenvalue weighted by Gasteiger charge is -2.14. The van der Waals surface area contributed by atoms with Gasteiger partial charge in [-0.3, -0.25) is 0 Å². The number of benzene rings is 5. The van der Waals surface area contributed by atoms with Crippen LogP contribution in [0.15, 0.2) is 127 Å². The first-order valence-electron chi connectivity index (χ1n) is 13.5. The molecule has 2 nitrogen and oxygen atoms in total. The molecule has 0 saturated carbocycles. The van der Waals surface area contributed by atoms with E-state index in [2.05, 4.69) is 103 Å². The minimum atomic E-state index is 0.865. The molecule has 0 saturated heterocycles. The molecule has 198 valence electrons. The summed E-state index contributed by atoms with van der Waals surface area (Å²) in [6, 6.07) is 45.5. The van der Waals surface area contributed by atoms with Gasteiger partial charge in [-0.05, 0) is 102 Å². The van der Waals surface area contributed by atoms with Gasteiger partial charge in [-0.2, -0.15) is 0 Å². The Morgan fingerprint density at radius 3 is 1.37 bits per heavy atom. The third-order valence-corrected chi connectivity index (χ3v) is 9.78. The second-order valence-electron chi connectivity index (χ2n) is 9.85. The normalized spacial score (nSPS) is 11.2. The molecule has 0 amide bonds. The predicted molar refractivity (Wildman–Crippen MR) is 175 cm³/mol. The summed E-state index contributed by atoms with van der Waals surface area (Å²) in [4.78, 5) is 4.97. The molecule has 0 atom stereocenters.